The van der Waals surface area contributed by atoms with Crippen molar-refractivity contribution in [1.29, 1.82) is 0 Å². The first-order valence-electron chi connectivity index (χ1n) is 8.27. The molecule has 3 rings (SSSR count). The van der Waals surface area contributed by atoms with Crippen molar-refractivity contribution in [3.05, 3.63) is 59.6 Å². The zero-order valence-corrected chi connectivity index (χ0v) is 17.0. The number of hydrogen-bond donors (Lipinski definition) is 2. The molecule has 1 amide bonds. The highest BCUT2D eigenvalue weighted by molar-refractivity contribution is 7.93. The first-order chi connectivity index (χ1) is 14.3. The summed E-state index contributed by atoms with van der Waals surface area (Å²) in [7, 11) is -2.62. The van der Waals surface area contributed by atoms with Crippen LogP contribution in [0.3, 0.4) is 0 Å². The first kappa shape index (κ1) is 21.5. The summed E-state index contributed by atoms with van der Waals surface area (Å²) in [6.07, 6.45) is 1.47. The number of amides is 1. The van der Waals surface area contributed by atoms with Crippen molar-refractivity contribution in [3.8, 4) is 11.5 Å². The van der Waals surface area contributed by atoms with Crippen LogP contribution in [0.25, 0.3) is 0 Å². The highest BCUT2D eigenvalue weighted by Gasteiger charge is 2.17. The van der Waals surface area contributed by atoms with E-state index in [1.54, 1.807) is 5.38 Å². The Hall–Kier alpha value is -3.25. The predicted molar refractivity (Wildman–Crippen MR) is 106 cm³/mol. The number of anilines is 2. The zero-order valence-electron chi connectivity index (χ0n) is 15.4. The van der Waals surface area contributed by atoms with Gasteiger partial charge in [-0.1, -0.05) is 0 Å². The Morgan fingerprint density at radius 2 is 1.77 bits per heavy atom. The molecule has 0 aliphatic carbocycles. The lowest BCUT2D eigenvalue weighted by atomic mass is 10.3. The van der Waals surface area contributed by atoms with Gasteiger partial charge in [-0.05, 0) is 36.4 Å². The molecule has 0 spiro atoms. The maximum atomic E-state index is 13.8. The molecule has 2 aromatic carbocycles. The molecule has 158 valence electrons. The number of nitrogens with zero attached hydrogens (tertiary/aromatic N) is 1. The van der Waals surface area contributed by atoms with Crippen molar-refractivity contribution in [1.82, 2.24) is 4.98 Å². The van der Waals surface area contributed by atoms with E-state index in [1.165, 1.54) is 43.6 Å². The van der Waals surface area contributed by atoms with E-state index in [1.807, 2.05) is 0 Å². The summed E-state index contributed by atoms with van der Waals surface area (Å²) in [6.45, 7) is -0.589. The maximum absolute atomic E-state index is 13.8. The third-order valence-electron chi connectivity index (χ3n) is 3.69. The number of sulfonamides is 1. The van der Waals surface area contributed by atoms with E-state index in [-0.39, 0.29) is 21.5 Å². The van der Waals surface area contributed by atoms with Crippen LogP contribution in [0, 0.1) is 11.6 Å². The SMILES string of the molecule is COc1ccc(OCC(=O)Nc2ccc(S(=O)(=O)Nc3nccs3)cc2)c(F)c1F. The molecular formula is C18H15F2N3O5S2. The summed E-state index contributed by atoms with van der Waals surface area (Å²) >= 11 is 1.13. The predicted octanol–water partition coefficient (Wildman–Crippen LogP) is 3.25. The standard InChI is InChI=1S/C18H15F2N3O5S2/c1-27-13-6-7-14(17(20)16(13)19)28-10-15(24)22-11-2-4-12(5-3-11)30(25,26)23-18-21-8-9-29-18/h2-9H,10H2,1H3,(H,21,23)(H,22,24). The van der Waals surface area contributed by atoms with Gasteiger partial charge in [0.25, 0.3) is 15.9 Å². The monoisotopic (exact) mass is 455 g/mol. The fourth-order valence-electron chi connectivity index (χ4n) is 2.29. The van der Waals surface area contributed by atoms with Crippen LogP contribution in [0.2, 0.25) is 0 Å². The number of halogens is 2. The number of ether oxygens (including phenoxy) is 2. The zero-order chi connectivity index (χ0) is 21.7. The lowest BCUT2D eigenvalue weighted by Gasteiger charge is -2.10. The van der Waals surface area contributed by atoms with Crippen LogP contribution in [0.5, 0.6) is 11.5 Å². The maximum Gasteiger partial charge on any atom is 0.263 e. The molecule has 0 saturated heterocycles. The summed E-state index contributed by atoms with van der Waals surface area (Å²) in [5, 5.41) is 4.32. The quantitative estimate of drug-likeness (QED) is 0.540. The molecule has 0 radical (unpaired) electrons. The highest BCUT2D eigenvalue weighted by atomic mass is 32.2. The second kappa shape index (κ2) is 9.05. The van der Waals surface area contributed by atoms with Gasteiger partial charge in [0.1, 0.15) is 0 Å². The molecule has 0 unspecified atom stereocenters. The number of hydrogen-bond acceptors (Lipinski definition) is 7. The van der Waals surface area contributed by atoms with Crippen LogP contribution < -0.4 is 19.5 Å². The first-order valence-corrected chi connectivity index (χ1v) is 10.6. The van der Waals surface area contributed by atoms with Crippen LogP contribution in [0.15, 0.2) is 52.9 Å². The van der Waals surface area contributed by atoms with Gasteiger partial charge in [-0.3, -0.25) is 9.52 Å². The second-order valence-corrected chi connectivity index (χ2v) is 8.27. The van der Waals surface area contributed by atoms with E-state index in [2.05, 4.69) is 19.8 Å². The number of aromatic nitrogens is 1. The molecule has 0 saturated carbocycles. The van der Waals surface area contributed by atoms with E-state index in [9.17, 15) is 22.0 Å². The van der Waals surface area contributed by atoms with Gasteiger partial charge in [-0.15, -0.1) is 11.3 Å². The van der Waals surface area contributed by atoms with Gasteiger partial charge in [0.05, 0.1) is 12.0 Å². The Bertz CT molecular complexity index is 1140. The summed E-state index contributed by atoms with van der Waals surface area (Å²) in [6, 6.07) is 7.66. The van der Waals surface area contributed by atoms with Crippen molar-refractivity contribution >= 4 is 38.1 Å². The largest absolute Gasteiger partial charge is 0.494 e. The van der Waals surface area contributed by atoms with Gasteiger partial charge in [0, 0.05) is 17.3 Å². The molecule has 0 atom stereocenters. The molecule has 0 bridgehead atoms. The van der Waals surface area contributed by atoms with Crippen LogP contribution in [-0.2, 0) is 14.8 Å². The third-order valence-corrected chi connectivity index (χ3v) is 5.87. The minimum atomic E-state index is -3.82. The van der Waals surface area contributed by atoms with Crippen LogP contribution in [-0.4, -0.2) is 33.0 Å². The summed E-state index contributed by atoms with van der Waals surface area (Å²) in [5.74, 6) is -3.88. The normalized spacial score (nSPS) is 11.0. The third kappa shape index (κ3) is 5.02. The van der Waals surface area contributed by atoms with E-state index in [0.717, 1.165) is 17.4 Å². The van der Waals surface area contributed by atoms with Crippen molar-refractivity contribution in [3.63, 3.8) is 0 Å². The highest BCUT2D eigenvalue weighted by Crippen LogP contribution is 2.27. The average Bonchev–Trinajstić information content (AvgIpc) is 3.22. The molecule has 8 nitrogen and oxygen atoms in total. The average molecular weight is 455 g/mol. The lowest BCUT2D eigenvalue weighted by molar-refractivity contribution is -0.118. The van der Waals surface area contributed by atoms with Gasteiger partial charge < -0.3 is 14.8 Å². The van der Waals surface area contributed by atoms with Crippen LogP contribution in [0.4, 0.5) is 19.6 Å². The summed E-state index contributed by atoms with van der Waals surface area (Å²) in [4.78, 5) is 15.8. The van der Waals surface area contributed by atoms with Crippen molar-refractivity contribution in [2.75, 3.05) is 23.8 Å². The molecule has 0 fully saturated rings. The van der Waals surface area contributed by atoms with Crippen LogP contribution in [0.1, 0.15) is 0 Å². The molecule has 0 aliphatic rings. The number of nitrogens with one attached hydrogen (secondary N) is 2. The fraction of sp³-hybridized carbons (Fsp3) is 0.111. The number of methoxy groups -OCH3 is 1. The minimum Gasteiger partial charge on any atom is -0.494 e. The Kier molecular flexibility index (Phi) is 6.47. The fourth-order valence-corrected chi connectivity index (χ4v) is 4.08. The number of thiazole rings is 1. The molecule has 1 heterocycles. The Morgan fingerprint density at radius 3 is 2.40 bits per heavy atom. The van der Waals surface area contributed by atoms with Gasteiger partial charge in [0.15, 0.2) is 23.2 Å². The van der Waals surface area contributed by atoms with Gasteiger partial charge in [-0.25, -0.2) is 13.4 Å². The Morgan fingerprint density at radius 1 is 1.10 bits per heavy atom. The lowest BCUT2D eigenvalue weighted by Crippen LogP contribution is -2.20. The molecule has 12 heteroatoms. The summed E-state index contributed by atoms with van der Waals surface area (Å²) < 4.78 is 64.0. The molecule has 30 heavy (non-hydrogen) atoms. The molecular weight excluding hydrogens is 440 g/mol. The van der Waals surface area contributed by atoms with Gasteiger partial charge in [-0.2, -0.15) is 8.78 Å². The molecule has 1 aromatic heterocycles. The van der Waals surface area contributed by atoms with Gasteiger partial charge in [0.2, 0.25) is 11.6 Å². The minimum absolute atomic E-state index is 0.0253. The van der Waals surface area contributed by atoms with E-state index >= 15 is 0 Å². The smallest absolute Gasteiger partial charge is 0.263 e. The second-order valence-electron chi connectivity index (χ2n) is 5.70. The number of benzene rings is 2. The van der Waals surface area contributed by atoms with Crippen molar-refractivity contribution in [2.24, 2.45) is 0 Å². The van der Waals surface area contributed by atoms with Crippen molar-refractivity contribution in [2.45, 2.75) is 4.90 Å². The molecule has 2 N–H and O–H groups in total. The van der Waals surface area contributed by atoms with E-state index < -0.39 is 39.9 Å². The van der Waals surface area contributed by atoms with Crippen molar-refractivity contribution < 1.29 is 31.5 Å². The van der Waals surface area contributed by atoms with E-state index in [0.29, 0.717) is 0 Å². The summed E-state index contributed by atoms with van der Waals surface area (Å²) in [5.41, 5.74) is 0.290. The number of carbonyl (C=O) groups is 1. The van der Waals surface area contributed by atoms with Gasteiger partial charge >= 0.3 is 0 Å². The number of carbonyl (C=O) groups excluding carboxylic acids is 1. The Balaban J connectivity index is 1.59. The topological polar surface area (TPSA) is 107 Å². The number of rotatable bonds is 8. The van der Waals surface area contributed by atoms with Crippen LogP contribution >= 0.6 is 11.3 Å². The molecule has 3 aromatic rings. The Labute approximate surface area is 174 Å². The van der Waals surface area contributed by atoms with E-state index in [4.69, 9.17) is 4.74 Å². The molecule has 0 aliphatic heterocycles.